The van der Waals surface area contributed by atoms with E-state index in [9.17, 15) is 14.0 Å². The van der Waals surface area contributed by atoms with E-state index in [0.29, 0.717) is 36.1 Å². The van der Waals surface area contributed by atoms with Crippen LogP contribution >= 0.6 is 11.6 Å². The second-order valence-electron chi connectivity index (χ2n) is 5.97. The molecule has 1 aromatic carbocycles. The van der Waals surface area contributed by atoms with E-state index in [-0.39, 0.29) is 23.1 Å². The van der Waals surface area contributed by atoms with Crippen molar-refractivity contribution in [2.24, 2.45) is 0 Å². The maximum absolute atomic E-state index is 13.5. The zero-order valence-electron chi connectivity index (χ0n) is 12.2. The molecule has 0 bridgehead atoms. The average molecular weight is 333 g/mol. The van der Waals surface area contributed by atoms with E-state index in [4.69, 9.17) is 11.6 Å². The summed E-state index contributed by atoms with van der Waals surface area (Å²) < 4.78 is 13.5. The molecule has 0 unspecified atom stereocenters. The van der Waals surface area contributed by atoms with Crippen molar-refractivity contribution >= 4 is 23.2 Å². The third-order valence-electron chi connectivity index (χ3n) is 4.60. The summed E-state index contributed by atoms with van der Waals surface area (Å²) in [7, 11) is 0. The predicted octanol–water partition coefficient (Wildman–Crippen LogP) is 2.21. The molecule has 2 heterocycles. The van der Waals surface area contributed by atoms with Crippen LogP contribution in [0, 0.1) is 5.82 Å². The van der Waals surface area contributed by atoms with Gasteiger partial charge in [0.05, 0.1) is 11.6 Å². The van der Waals surface area contributed by atoms with Crippen LogP contribution in [0.1, 0.15) is 24.3 Å². The van der Waals surface area contributed by atoms with Gasteiger partial charge in [0, 0.05) is 41.4 Å². The Kier molecular flexibility index (Phi) is 3.36. The molecule has 4 rings (SSSR count). The third kappa shape index (κ3) is 2.23. The zero-order valence-corrected chi connectivity index (χ0v) is 13.0. The van der Waals surface area contributed by atoms with Crippen LogP contribution in [0.4, 0.5) is 4.39 Å². The highest BCUT2D eigenvalue weighted by Gasteiger charge is 2.41. The molecule has 0 fully saturated rings. The fraction of sp³-hybridized carbons (Fsp3) is 0.294. The molecule has 0 amide bonds. The Morgan fingerprint density at radius 3 is 2.61 bits per heavy atom. The second-order valence-corrected chi connectivity index (χ2v) is 6.37. The highest BCUT2D eigenvalue weighted by Crippen LogP contribution is 2.44. The first-order chi connectivity index (χ1) is 11.1. The van der Waals surface area contributed by atoms with Gasteiger partial charge in [-0.2, -0.15) is 0 Å². The van der Waals surface area contributed by atoms with Crippen LogP contribution in [-0.4, -0.2) is 24.7 Å². The van der Waals surface area contributed by atoms with Gasteiger partial charge in [-0.1, -0.05) is 17.7 Å². The van der Waals surface area contributed by atoms with Crippen LogP contribution in [0.15, 0.2) is 40.7 Å². The van der Waals surface area contributed by atoms with Crippen molar-refractivity contribution in [1.82, 2.24) is 10.6 Å². The van der Waals surface area contributed by atoms with Crippen molar-refractivity contribution in [1.29, 1.82) is 0 Å². The fourth-order valence-corrected chi connectivity index (χ4v) is 3.79. The molecule has 3 aliphatic rings. The zero-order chi connectivity index (χ0) is 16.1. The highest BCUT2D eigenvalue weighted by atomic mass is 35.5. The Labute approximate surface area is 137 Å². The lowest BCUT2D eigenvalue weighted by Crippen LogP contribution is -2.42. The predicted molar refractivity (Wildman–Crippen MR) is 83.5 cm³/mol. The lowest BCUT2D eigenvalue weighted by molar-refractivity contribution is -0.115. The number of hydrogen-bond donors (Lipinski definition) is 2. The number of allylic oxidation sites excluding steroid dienone is 2. The number of ketones is 2. The summed E-state index contributed by atoms with van der Waals surface area (Å²) in [5.41, 5.74) is 3.58. The summed E-state index contributed by atoms with van der Waals surface area (Å²) in [6.07, 6.45) is 1.08. The number of rotatable bonds is 1. The van der Waals surface area contributed by atoms with Crippen molar-refractivity contribution in [2.75, 3.05) is 13.1 Å². The topological polar surface area (TPSA) is 58.2 Å². The monoisotopic (exact) mass is 332 g/mol. The number of hydrogen-bond acceptors (Lipinski definition) is 4. The van der Waals surface area contributed by atoms with Gasteiger partial charge in [0.1, 0.15) is 5.82 Å². The van der Waals surface area contributed by atoms with Gasteiger partial charge >= 0.3 is 0 Å². The second kappa shape index (κ2) is 5.28. The molecule has 118 valence electrons. The highest BCUT2D eigenvalue weighted by molar-refractivity contribution is 6.30. The minimum Gasteiger partial charge on any atom is -0.360 e. The van der Waals surface area contributed by atoms with Crippen molar-refractivity contribution in [3.05, 3.63) is 57.1 Å². The van der Waals surface area contributed by atoms with Crippen LogP contribution in [0.25, 0.3) is 0 Å². The van der Waals surface area contributed by atoms with Crippen molar-refractivity contribution in [2.45, 2.75) is 18.8 Å². The number of nitrogens with one attached hydrogen (secondary N) is 2. The first-order valence-electron chi connectivity index (χ1n) is 7.51. The van der Waals surface area contributed by atoms with E-state index < -0.39 is 11.7 Å². The third-order valence-corrected chi connectivity index (χ3v) is 4.89. The molecule has 0 saturated carbocycles. The Hall–Kier alpha value is -1.98. The van der Waals surface area contributed by atoms with Crippen molar-refractivity contribution in [3.63, 3.8) is 0 Å². The van der Waals surface area contributed by atoms with Gasteiger partial charge in [-0.25, -0.2) is 4.39 Å². The van der Waals surface area contributed by atoms with Crippen LogP contribution in [0.5, 0.6) is 0 Å². The van der Waals surface area contributed by atoms with Crippen molar-refractivity contribution < 1.29 is 14.0 Å². The summed E-state index contributed by atoms with van der Waals surface area (Å²) in [5, 5.41) is 6.30. The normalized spacial score (nSPS) is 23.8. The molecular formula is C17H14ClFN2O2. The Morgan fingerprint density at radius 1 is 1.04 bits per heavy atom. The molecular weight excluding hydrogens is 319 g/mol. The SMILES string of the molecule is O=C1CCC2=C1[C@H](c1ccc(F)c(Cl)c1)C1=C(CNCC1=O)N2. The quantitative estimate of drug-likeness (QED) is 0.828. The van der Waals surface area contributed by atoms with E-state index in [1.54, 1.807) is 6.07 Å². The molecule has 0 aromatic heterocycles. The largest absolute Gasteiger partial charge is 0.360 e. The van der Waals surface area contributed by atoms with Crippen LogP contribution in [0.2, 0.25) is 5.02 Å². The first kappa shape index (κ1) is 14.6. The minimum absolute atomic E-state index is 0.00263. The lowest BCUT2D eigenvalue weighted by Gasteiger charge is -2.33. The van der Waals surface area contributed by atoms with E-state index in [1.165, 1.54) is 12.1 Å². The molecule has 2 N–H and O–H groups in total. The average Bonchev–Trinajstić information content (AvgIpc) is 2.90. The number of Topliss-reactive ketones (excluding diaryl/α,β-unsaturated/α-hetero) is 2. The van der Waals surface area contributed by atoms with Gasteiger partial charge in [0.25, 0.3) is 0 Å². The Bertz CT molecular complexity index is 813. The molecule has 0 radical (unpaired) electrons. The van der Waals surface area contributed by atoms with Gasteiger partial charge in [-0.05, 0) is 24.1 Å². The van der Waals surface area contributed by atoms with Crippen molar-refractivity contribution in [3.8, 4) is 0 Å². The van der Waals surface area contributed by atoms with E-state index in [0.717, 1.165) is 11.4 Å². The van der Waals surface area contributed by atoms with Crippen LogP contribution < -0.4 is 10.6 Å². The molecule has 4 nitrogen and oxygen atoms in total. The standard InChI is InChI=1S/C17H14ClFN2O2/c18-9-5-8(1-2-10(9)19)15-16-11(3-4-13(16)22)21-12-6-20-7-14(23)17(12)15/h1-2,5,15,20-21H,3-4,6-7H2/t15-/m0/s1. The van der Waals surface area contributed by atoms with Gasteiger partial charge in [0.2, 0.25) is 0 Å². The van der Waals surface area contributed by atoms with E-state index >= 15 is 0 Å². The summed E-state index contributed by atoms with van der Waals surface area (Å²) in [5.74, 6) is -0.975. The molecule has 0 saturated heterocycles. The summed E-state index contributed by atoms with van der Waals surface area (Å²) in [4.78, 5) is 24.8. The lowest BCUT2D eigenvalue weighted by atomic mass is 9.77. The van der Waals surface area contributed by atoms with Crippen LogP contribution in [0.3, 0.4) is 0 Å². The molecule has 0 spiro atoms. The Balaban J connectivity index is 1.91. The maximum Gasteiger partial charge on any atom is 0.175 e. The molecule has 2 aliphatic heterocycles. The number of dihydropyridines is 1. The number of carbonyl (C=O) groups excluding carboxylic acids is 2. The molecule has 6 heteroatoms. The number of halogens is 2. The van der Waals surface area contributed by atoms with Gasteiger partial charge in [-0.3, -0.25) is 9.59 Å². The van der Waals surface area contributed by atoms with Gasteiger partial charge in [0.15, 0.2) is 11.6 Å². The van der Waals surface area contributed by atoms with E-state index in [1.807, 2.05) is 0 Å². The minimum atomic E-state index is -0.512. The number of carbonyl (C=O) groups is 2. The molecule has 1 atom stereocenters. The molecule has 1 aromatic rings. The summed E-state index contributed by atoms with van der Waals surface area (Å²) >= 11 is 5.92. The molecule has 1 aliphatic carbocycles. The molecule has 23 heavy (non-hydrogen) atoms. The maximum atomic E-state index is 13.5. The van der Waals surface area contributed by atoms with Gasteiger partial charge < -0.3 is 10.6 Å². The first-order valence-corrected chi connectivity index (χ1v) is 7.89. The fourth-order valence-electron chi connectivity index (χ4n) is 3.60. The van der Waals surface area contributed by atoms with E-state index in [2.05, 4.69) is 10.6 Å². The van der Waals surface area contributed by atoms with Gasteiger partial charge in [-0.15, -0.1) is 0 Å². The Morgan fingerprint density at radius 2 is 1.83 bits per heavy atom. The number of benzene rings is 1. The van der Waals surface area contributed by atoms with Crippen LogP contribution in [-0.2, 0) is 9.59 Å². The summed E-state index contributed by atoms with van der Waals surface area (Å²) in [6.45, 7) is 0.792. The smallest absolute Gasteiger partial charge is 0.175 e. The summed E-state index contributed by atoms with van der Waals surface area (Å²) in [6, 6.07) is 4.40.